The summed E-state index contributed by atoms with van der Waals surface area (Å²) in [5.41, 5.74) is 1.41. The second-order valence-electron chi connectivity index (χ2n) is 5.36. The lowest BCUT2D eigenvalue weighted by Crippen LogP contribution is -2.22. The van der Waals surface area contributed by atoms with Crippen LogP contribution in [0.5, 0.6) is 5.75 Å². The fraction of sp³-hybridized carbons (Fsp3) is 0.562. The maximum atomic E-state index is 12.3. The number of aliphatic hydroxyl groups is 1. The molecule has 0 aliphatic heterocycles. The smallest absolute Gasteiger partial charge is 0.227 e. The van der Waals surface area contributed by atoms with Gasteiger partial charge in [0.05, 0.1) is 13.7 Å². The van der Waals surface area contributed by atoms with E-state index >= 15 is 0 Å². The van der Waals surface area contributed by atoms with Crippen molar-refractivity contribution in [2.75, 3.05) is 12.4 Å². The molecule has 110 valence electrons. The number of hydrogen-bond donors (Lipinski definition) is 2. The van der Waals surface area contributed by atoms with Crippen molar-refractivity contribution in [3.8, 4) is 5.75 Å². The number of carbonyl (C=O) groups is 1. The third-order valence-electron chi connectivity index (χ3n) is 3.94. The molecule has 1 fully saturated rings. The van der Waals surface area contributed by atoms with Crippen LogP contribution in [0.1, 0.15) is 44.1 Å². The first-order valence-electron chi connectivity index (χ1n) is 7.33. The molecule has 2 rings (SSSR count). The van der Waals surface area contributed by atoms with Gasteiger partial charge in [-0.3, -0.25) is 4.79 Å². The van der Waals surface area contributed by atoms with Gasteiger partial charge in [-0.15, -0.1) is 0 Å². The minimum atomic E-state index is -0.101. The maximum Gasteiger partial charge on any atom is 0.227 e. The topological polar surface area (TPSA) is 58.6 Å². The SMILES string of the molecule is COc1ccc(NC(=O)C2CCCCCC2)cc1CO. The standard InChI is InChI=1S/C16H23NO3/c1-20-15-9-8-14(10-13(15)11-18)17-16(19)12-6-4-2-3-5-7-12/h8-10,12,18H,2-7,11H2,1H3,(H,17,19). The lowest BCUT2D eigenvalue weighted by Gasteiger charge is -2.15. The molecule has 2 N–H and O–H groups in total. The Morgan fingerprint density at radius 3 is 2.60 bits per heavy atom. The highest BCUT2D eigenvalue weighted by molar-refractivity contribution is 5.92. The lowest BCUT2D eigenvalue weighted by molar-refractivity contribution is -0.120. The van der Waals surface area contributed by atoms with Gasteiger partial charge in [0.1, 0.15) is 5.75 Å². The second kappa shape index (κ2) is 7.29. The van der Waals surface area contributed by atoms with Gasteiger partial charge in [-0.1, -0.05) is 25.7 Å². The third-order valence-corrected chi connectivity index (χ3v) is 3.94. The van der Waals surface area contributed by atoms with Crippen LogP contribution in [0.4, 0.5) is 5.69 Å². The van der Waals surface area contributed by atoms with E-state index in [9.17, 15) is 9.90 Å². The van der Waals surface area contributed by atoms with Crippen molar-refractivity contribution in [2.45, 2.75) is 45.1 Å². The highest BCUT2D eigenvalue weighted by Gasteiger charge is 2.20. The molecule has 1 aliphatic rings. The number of carbonyl (C=O) groups excluding carboxylic acids is 1. The first-order chi connectivity index (χ1) is 9.74. The van der Waals surface area contributed by atoms with E-state index < -0.39 is 0 Å². The van der Waals surface area contributed by atoms with E-state index in [0.29, 0.717) is 11.3 Å². The number of rotatable bonds is 4. The number of aliphatic hydroxyl groups excluding tert-OH is 1. The summed E-state index contributed by atoms with van der Waals surface area (Å²) in [4.78, 5) is 12.3. The van der Waals surface area contributed by atoms with Crippen molar-refractivity contribution in [1.29, 1.82) is 0 Å². The Hall–Kier alpha value is -1.55. The van der Waals surface area contributed by atoms with E-state index in [1.165, 1.54) is 12.8 Å². The largest absolute Gasteiger partial charge is 0.496 e. The van der Waals surface area contributed by atoms with Crippen LogP contribution in [0.2, 0.25) is 0 Å². The van der Waals surface area contributed by atoms with Crippen LogP contribution in [-0.4, -0.2) is 18.1 Å². The number of nitrogens with one attached hydrogen (secondary N) is 1. The van der Waals surface area contributed by atoms with Gasteiger partial charge in [-0.2, -0.15) is 0 Å². The summed E-state index contributed by atoms with van der Waals surface area (Å²) in [5.74, 6) is 0.859. The first-order valence-corrected chi connectivity index (χ1v) is 7.33. The summed E-state index contributed by atoms with van der Waals surface area (Å²) in [5, 5.41) is 12.3. The van der Waals surface area contributed by atoms with Crippen LogP contribution in [0.25, 0.3) is 0 Å². The number of hydrogen-bond acceptors (Lipinski definition) is 3. The third kappa shape index (κ3) is 3.73. The monoisotopic (exact) mass is 277 g/mol. The molecular weight excluding hydrogens is 254 g/mol. The molecule has 0 heterocycles. The van der Waals surface area contributed by atoms with Gasteiger partial charge in [-0.25, -0.2) is 0 Å². The van der Waals surface area contributed by atoms with Crippen molar-refractivity contribution in [1.82, 2.24) is 0 Å². The Labute approximate surface area is 120 Å². The highest BCUT2D eigenvalue weighted by atomic mass is 16.5. The average Bonchev–Trinajstić information content (AvgIpc) is 2.76. The molecule has 1 aromatic rings. The average molecular weight is 277 g/mol. The molecule has 1 amide bonds. The Balaban J connectivity index is 2.03. The van der Waals surface area contributed by atoms with E-state index in [1.54, 1.807) is 19.2 Å². The van der Waals surface area contributed by atoms with Crippen LogP contribution >= 0.6 is 0 Å². The van der Waals surface area contributed by atoms with Crippen LogP contribution in [0.15, 0.2) is 18.2 Å². The van der Waals surface area contributed by atoms with Gasteiger partial charge >= 0.3 is 0 Å². The maximum absolute atomic E-state index is 12.3. The van der Waals surface area contributed by atoms with Crippen LogP contribution < -0.4 is 10.1 Å². The van der Waals surface area contributed by atoms with Gasteiger partial charge < -0.3 is 15.2 Å². The van der Waals surface area contributed by atoms with E-state index in [-0.39, 0.29) is 18.4 Å². The van der Waals surface area contributed by atoms with E-state index in [1.807, 2.05) is 6.07 Å². The fourth-order valence-electron chi connectivity index (χ4n) is 2.77. The summed E-state index contributed by atoms with van der Waals surface area (Å²) in [6.07, 6.45) is 6.72. The molecule has 4 nitrogen and oxygen atoms in total. The Morgan fingerprint density at radius 1 is 1.30 bits per heavy atom. The number of amides is 1. The molecule has 0 radical (unpaired) electrons. The predicted molar refractivity (Wildman–Crippen MR) is 78.7 cm³/mol. The molecule has 4 heteroatoms. The van der Waals surface area contributed by atoms with E-state index in [0.717, 1.165) is 31.4 Å². The zero-order valence-corrected chi connectivity index (χ0v) is 12.0. The minimum Gasteiger partial charge on any atom is -0.496 e. The number of benzene rings is 1. The van der Waals surface area contributed by atoms with Gasteiger partial charge in [0.2, 0.25) is 5.91 Å². The fourth-order valence-corrected chi connectivity index (χ4v) is 2.77. The quantitative estimate of drug-likeness (QED) is 0.831. The molecule has 1 aromatic carbocycles. The number of ether oxygens (including phenoxy) is 1. The van der Waals surface area contributed by atoms with Crippen LogP contribution in [-0.2, 0) is 11.4 Å². The summed E-state index contributed by atoms with van der Waals surface area (Å²) >= 11 is 0. The second-order valence-corrected chi connectivity index (χ2v) is 5.36. The molecule has 1 aliphatic carbocycles. The molecular formula is C16H23NO3. The van der Waals surface area contributed by atoms with Crippen molar-refractivity contribution < 1.29 is 14.6 Å². The molecule has 0 saturated heterocycles. The molecule has 20 heavy (non-hydrogen) atoms. The molecule has 0 atom stereocenters. The van der Waals surface area contributed by atoms with Crippen LogP contribution in [0, 0.1) is 5.92 Å². The predicted octanol–water partition coefficient (Wildman–Crippen LogP) is 3.10. The molecule has 0 spiro atoms. The highest BCUT2D eigenvalue weighted by Crippen LogP contribution is 2.26. The van der Waals surface area contributed by atoms with E-state index in [4.69, 9.17) is 4.74 Å². The first kappa shape index (κ1) is 14.9. The zero-order chi connectivity index (χ0) is 14.4. The zero-order valence-electron chi connectivity index (χ0n) is 12.0. The molecule has 0 aromatic heterocycles. The summed E-state index contributed by atoms with van der Waals surface area (Å²) in [6.45, 7) is -0.101. The normalized spacial score (nSPS) is 16.5. The number of methoxy groups -OCH3 is 1. The lowest BCUT2D eigenvalue weighted by atomic mass is 9.99. The van der Waals surface area contributed by atoms with Gasteiger partial charge in [-0.05, 0) is 31.0 Å². The van der Waals surface area contributed by atoms with Crippen molar-refractivity contribution in [2.24, 2.45) is 5.92 Å². The summed E-state index contributed by atoms with van der Waals surface area (Å²) < 4.78 is 5.16. The van der Waals surface area contributed by atoms with Gasteiger partial charge in [0, 0.05) is 17.2 Å². The number of anilines is 1. The van der Waals surface area contributed by atoms with Gasteiger partial charge in [0.15, 0.2) is 0 Å². The van der Waals surface area contributed by atoms with Gasteiger partial charge in [0.25, 0.3) is 0 Å². The Morgan fingerprint density at radius 2 is 2.00 bits per heavy atom. The molecule has 0 bridgehead atoms. The van der Waals surface area contributed by atoms with Crippen molar-refractivity contribution in [3.05, 3.63) is 23.8 Å². The minimum absolute atomic E-state index is 0.0981. The summed E-state index contributed by atoms with van der Waals surface area (Å²) in [6, 6.07) is 5.36. The van der Waals surface area contributed by atoms with Crippen molar-refractivity contribution in [3.63, 3.8) is 0 Å². The summed E-state index contributed by atoms with van der Waals surface area (Å²) in [7, 11) is 1.57. The molecule has 0 unspecified atom stereocenters. The van der Waals surface area contributed by atoms with E-state index in [2.05, 4.69) is 5.32 Å². The molecule has 1 saturated carbocycles. The van der Waals surface area contributed by atoms with Crippen molar-refractivity contribution >= 4 is 11.6 Å². The Kier molecular flexibility index (Phi) is 5.41. The Bertz CT molecular complexity index is 451. The van der Waals surface area contributed by atoms with Crippen LogP contribution in [0.3, 0.4) is 0 Å².